The number of likely N-dealkylation sites (N-methyl/N-ethyl adjacent to an activating group) is 1. The third-order valence-corrected chi connectivity index (χ3v) is 6.34. The van der Waals surface area contributed by atoms with Gasteiger partial charge in [0.1, 0.15) is 18.3 Å². The average Bonchev–Trinajstić information content (AvgIpc) is 2.73. The summed E-state index contributed by atoms with van der Waals surface area (Å²) in [5, 5.41) is 3.26. The molecule has 2 rings (SSSR count). The second-order valence-electron chi connectivity index (χ2n) is 7.03. The zero-order valence-electron chi connectivity index (χ0n) is 18.1. The molecule has 0 aliphatic carbocycles. The lowest BCUT2D eigenvalue weighted by atomic mass is 10.1. The second-order valence-corrected chi connectivity index (χ2v) is 9.81. The minimum Gasteiger partial charge on any atom is -0.495 e. The van der Waals surface area contributed by atoms with Crippen LogP contribution in [0.15, 0.2) is 42.5 Å². The van der Waals surface area contributed by atoms with E-state index in [2.05, 4.69) is 5.32 Å². The number of carbonyl (C=O) groups excluding carboxylic acids is 2. The summed E-state index contributed by atoms with van der Waals surface area (Å²) in [6.07, 6.45) is 0.976. The van der Waals surface area contributed by atoms with Crippen molar-refractivity contribution in [1.29, 1.82) is 0 Å². The summed E-state index contributed by atoms with van der Waals surface area (Å²) in [6.45, 7) is 1.06. The molecule has 2 aromatic carbocycles. The van der Waals surface area contributed by atoms with Crippen LogP contribution in [0.1, 0.15) is 12.5 Å². The Morgan fingerprint density at radius 1 is 1.12 bits per heavy atom. The van der Waals surface area contributed by atoms with Crippen molar-refractivity contribution >= 4 is 50.7 Å². The van der Waals surface area contributed by atoms with Gasteiger partial charge < -0.3 is 15.0 Å². The normalized spacial score (nSPS) is 12.1. The number of amides is 2. The van der Waals surface area contributed by atoms with Crippen LogP contribution in [0.25, 0.3) is 0 Å². The number of benzene rings is 2. The van der Waals surface area contributed by atoms with Crippen LogP contribution in [0.3, 0.4) is 0 Å². The van der Waals surface area contributed by atoms with E-state index in [1.807, 2.05) is 0 Å². The van der Waals surface area contributed by atoms with Gasteiger partial charge in [0, 0.05) is 23.6 Å². The maximum absolute atomic E-state index is 13.3. The Morgan fingerprint density at radius 2 is 1.78 bits per heavy atom. The molecule has 2 amide bonds. The van der Waals surface area contributed by atoms with Crippen LogP contribution >= 0.6 is 23.2 Å². The monoisotopic (exact) mass is 501 g/mol. The van der Waals surface area contributed by atoms with E-state index in [0.29, 0.717) is 10.6 Å². The Morgan fingerprint density at radius 3 is 2.34 bits per heavy atom. The average molecular weight is 502 g/mol. The topological polar surface area (TPSA) is 96.0 Å². The summed E-state index contributed by atoms with van der Waals surface area (Å²) in [5.41, 5.74) is 0.805. The first-order valence-corrected chi connectivity index (χ1v) is 12.1. The number of hydrogen-bond acceptors (Lipinski definition) is 5. The highest BCUT2D eigenvalue weighted by Gasteiger charge is 2.31. The summed E-state index contributed by atoms with van der Waals surface area (Å²) >= 11 is 12.1. The fourth-order valence-electron chi connectivity index (χ4n) is 3.08. The van der Waals surface area contributed by atoms with Gasteiger partial charge in [-0.1, -0.05) is 35.3 Å². The number of hydrogen-bond donors (Lipinski definition) is 1. The van der Waals surface area contributed by atoms with Gasteiger partial charge in [0.2, 0.25) is 21.8 Å². The lowest BCUT2D eigenvalue weighted by Gasteiger charge is -2.31. The molecule has 8 nitrogen and oxygen atoms in total. The first-order valence-electron chi connectivity index (χ1n) is 9.54. The molecule has 0 aliphatic rings. The maximum atomic E-state index is 13.3. The summed E-state index contributed by atoms with van der Waals surface area (Å²) in [5.74, 6) is -0.756. The molecule has 11 heteroatoms. The number of halogens is 2. The molecule has 0 heterocycles. The van der Waals surface area contributed by atoms with E-state index >= 15 is 0 Å². The highest BCUT2D eigenvalue weighted by molar-refractivity contribution is 7.92. The summed E-state index contributed by atoms with van der Waals surface area (Å²) < 4.78 is 31.4. The van der Waals surface area contributed by atoms with Crippen LogP contribution in [-0.2, 0) is 26.2 Å². The van der Waals surface area contributed by atoms with Gasteiger partial charge in [-0.25, -0.2) is 8.42 Å². The Bertz CT molecular complexity index is 1090. The zero-order chi connectivity index (χ0) is 24.1. The molecule has 0 bridgehead atoms. The maximum Gasteiger partial charge on any atom is 0.244 e. The van der Waals surface area contributed by atoms with Crippen LogP contribution < -0.4 is 14.4 Å². The summed E-state index contributed by atoms with van der Waals surface area (Å²) in [4.78, 5) is 26.9. The lowest BCUT2D eigenvalue weighted by Crippen LogP contribution is -2.50. The van der Waals surface area contributed by atoms with E-state index in [0.717, 1.165) is 10.6 Å². The highest BCUT2D eigenvalue weighted by Crippen LogP contribution is 2.33. The van der Waals surface area contributed by atoms with Crippen molar-refractivity contribution < 1.29 is 22.7 Å². The minimum absolute atomic E-state index is 0.0538. The first kappa shape index (κ1) is 25.8. The largest absolute Gasteiger partial charge is 0.495 e. The molecule has 0 fully saturated rings. The van der Waals surface area contributed by atoms with Gasteiger partial charge in [0.25, 0.3) is 0 Å². The molecule has 0 spiro atoms. The third kappa shape index (κ3) is 6.51. The Hall–Kier alpha value is -2.49. The van der Waals surface area contributed by atoms with Gasteiger partial charge in [-0.2, -0.15) is 0 Å². The Labute approximate surface area is 198 Å². The predicted molar refractivity (Wildman–Crippen MR) is 126 cm³/mol. The molecule has 1 unspecified atom stereocenters. The molecule has 0 aromatic heterocycles. The van der Waals surface area contributed by atoms with Crippen LogP contribution in [0, 0.1) is 0 Å². The van der Waals surface area contributed by atoms with Gasteiger partial charge in [-0.15, -0.1) is 0 Å². The van der Waals surface area contributed by atoms with Gasteiger partial charge in [0.05, 0.1) is 19.1 Å². The van der Waals surface area contributed by atoms with Crippen molar-refractivity contribution in [2.75, 3.05) is 31.3 Å². The van der Waals surface area contributed by atoms with Gasteiger partial charge >= 0.3 is 0 Å². The second kappa shape index (κ2) is 10.9. The molecule has 1 N–H and O–H groups in total. The SMILES string of the molecule is CNC(=O)C(C)N(Cc1cccc(Cl)c1)C(=O)CN(c1cc(Cl)ccc1OC)S(C)(=O)=O. The molecule has 0 saturated heterocycles. The summed E-state index contributed by atoms with van der Waals surface area (Å²) in [6, 6.07) is 10.4. The van der Waals surface area contributed by atoms with E-state index in [-0.39, 0.29) is 23.0 Å². The number of anilines is 1. The third-order valence-electron chi connectivity index (χ3n) is 4.74. The molecule has 0 aliphatic heterocycles. The fourth-order valence-corrected chi connectivity index (χ4v) is 4.30. The zero-order valence-corrected chi connectivity index (χ0v) is 20.5. The molecule has 32 heavy (non-hydrogen) atoms. The highest BCUT2D eigenvalue weighted by atomic mass is 35.5. The van der Waals surface area contributed by atoms with Crippen LogP contribution in [-0.4, -0.2) is 58.1 Å². The molecule has 1 atom stereocenters. The number of rotatable bonds is 9. The first-order chi connectivity index (χ1) is 15.0. The number of nitrogens with one attached hydrogen (secondary N) is 1. The lowest BCUT2D eigenvalue weighted by molar-refractivity contribution is -0.139. The van der Waals surface area contributed by atoms with Crippen LogP contribution in [0.4, 0.5) is 5.69 Å². The van der Waals surface area contributed by atoms with Crippen molar-refractivity contribution in [2.45, 2.75) is 19.5 Å². The van der Waals surface area contributed by atoms with Crippen molar-refractivity contribution in [3.05, 3.63) is 58.1 Å². The van der Waals surface area contributed by atoms with E-state index in [9.17, 15) is 18.0 Å². The summed E-state index contributed by atoms with van der Waals surface area (Å²) in [7, 11) is -1.06. The van der Waals surface area contributed by atoms with Gasteiger partial charge in [-0.3, -0.25) is 13.9 Å². The smallest absolute Gasteiger partial charge is 0.244 e. The van der Waals surface area contributed by atoms with Crippen molar-refractivity contribution in [1.82, 2.24) is 10.2 Å². The van der Waals surface area contributed by atoms with Crippen molar-refractivity contribution in [3.8, 4) is 5.75 Å². The molecular formula is C21H25Cl2N3O5S. The molecule has 0 radical (unpaired) electrons. The van der Waals surface area contributed by atoms with Gasteiger partial charge in [-0.05, 0) is 42.8 Å². The van der Waals surface area contributed by atoms with Gasteiger partial charge in [0.15, 0.2) is 0 Å². The number of methoxy groups -OCH3 is 1. The minimum atomic E-state index is -3.90. The standard InChI is InChI=1S/C21H25Cl2N3O5S/c1-14(21(28)24-2)25(12-15-6-5-7-16(22)10-15)20(27)13-26(32(4,29)30)18-11-17(23)8-9-19(18)31-3/h5-11,14H,12-13H2,1-4H3,(H,24,28). The molecule has 0 saturated carbocycles. The van der Waals surface area contributed by atoms with E-state index in [1.54, 1.807) is 37.3 Å². The quantitative estimate of drug-likeness (QED) is 0.569. The number of sulfonamides is 1. The molecular weight excluding hydrogens is 477 g/mol. The fraction of sp³-hybridized carbons (Fsp3) is 0.333. The predicted octanol–water partition coefficient (Wildman–Crippen LogP) is 2.93. The van der Waals surface area contributed by atoms with E-state index < -0.39 is 34.4 Å². The van der Waals surface area contributed by atoms with Crippen molar-refractivity contribution in [2.24, 2.45) is 0 Å². The Kier molecular flexibility index (Phi) is 8.77. The Balaban J connectivity index is 2.46. The van der Waals surface area contributed by atoms with Crippen LogP contribution in [0.5, 0.6) is 5.75 Å². The molecule has 2 aromatic rings. The van der Waals surface area contributed by atoms with E-state index in [1.165, 1.54) is 31.2 Å². The number of nitrogens with zero attached hydrogens (tertiary/aromatic N) is 2. The molecule has 174 valence electrons. The van der Waals surface area contributed by atoms with Crippen LogP contribution in [0.2, 0.25) is 10.0 Å². The number of ether oxygens (including phenoxy) is 1. The number of carbonyl (C=O) groups is 2. The van der Waals surface area contributed by atoms with E-state index in [4.69, 9.17) is 27.9 Å². The van der Waals surface area contributed by atoms with Crippen molar-refractivity contribution in [3.63, 3.8) is 0 Å².